The Morgan fingerprint density at radius 1 is 0.857 bits per heavy atom. The Hall–Kier alpha value is 1.39. The van der Waals surface area contributed by atoms with Gasteiger partial charge in [0.05, 0.1) is 0 Å². The Morgan fingerprint density at radius 2 is 0.857 bits per heavy atom. The fraction of sp³-hybridized carbons (Fsp3) is 0. The van der Waals surface area contributed by atoms with Crippen LogP contribution in [-0.2, 0) is 17.1 Å². The molecular formula is H6FeLiO4P. The predicted octanol–water partition coefficient (Wildman–Crippen LogP) is -2.29. The third-order valence-electron chi connectivity index (χ3n) is 0. The molecule has 7 heavy (non-hydrogen) atoms. The quantitative estimate of drug-likeness (QED) is 0.240. The summed E-state index contributed by atoms with van der Waals surface area (Å²) in [6, 6.07) is 0. The molecule has 0 unspecified atom stereocenters. The predicted molar refractivity (Wildman–Crippen MR) is 24.3 cm³/mol. The van der Waals surface area contributed by atoms with Crippen molar-refractivity contribution in [3.8, 4) is 0 Å². The average molecular weight is 164 g/mol. The molecule has 0 heterocycles. The molecule has 0 aliphatic rings. The molecule has 0 aromatic carbocycles. The van der Waals surface area contributed by atoms with Crippen molar-refractivity contribution in [1.82, 2.24) is 0 Å². The first-order valence-electron chi connectivity index (χ1n) is 0.894. The summed E-state index contributed by atoms with van der Waals surface area (Å²) in [6.07, 6.45) is 0. The molecular weight excluding hydrogens is 158 g/mol. The van der Waals surface area contributed by atoms with E-state index in [4.69, 9.17) is 19.6 Å². The molecule has 0 bridgehead atoms. The van der Waals surface area contributed by atoms with Crippen molar-refractivity contribution >= 4 is 27.0 Å². The summed E-state index contributed by atoms with van der Waals surface area (Å²) in [7, 11) is -4.61. The Balaban J connectivity index is -0.0000000800. The fourth-order valence-electron chi connectivity index (χ4n) is 0. The van der Waals surface area contributed by atoms with E-state index in [1.807, 2.05) is 0 Å². The monoisotopic (exact) mass is 164 g/mol. The third-order valence-corrected chi connectivity index (χ3v) is 0. The van der Waals surface area contributed by atoms with Crippen LogP contribution in [0.25, 0.3) is 0 Å². The van der Waals surface area contributed by atoms with Gasteiger partial charge in [-0.2, -0.15) is 0 Å². The van der Waals surface area contributed by atoms with Gasteiger partial charge in [-0.05, 0) is 0 Å². The first-order valence-corrected chi connectivity index (χ1v) is 2.68. The summed E-state index contributed by atoms with van der Waals surface area (Å²) < 4.78 is 0. The van der Waals surface area contributed by atoms with E-state index in [2.05, 4.69) is 0 Å². The molecule has 0 aromatic rings. The first-order chi connectivity index (χ1) is 2.00. The Labute approximate surface area is 63.9 Å². The minimum absolute atomic E-state index is 0. The van der Waals surface area contributed by atoms with Crippen molar-refractivity contribution in [1.29, 1.82) is 0 Å². The van der Waals surface area contributed by atoms with Crippen molar-refractivity contribution in [2.75, 3.05) is 0 Å². The molecule has 0 aliphatic carbocycles. The molecule has 4 nitrogen and oxygen atoms in total. The van der Waals surface area contributed by atoms with E-state index in [9.17, 15) is 0 Å². The Bertz CT molecular complexity index is 27.2. The zero-order valence-corrected chi connectivity index (χ0v) is 4.75. The van der Waals surface area contributed by atoms with Crippen LogP contribution < -0.4 is 0 Å². The van der Waals surface area contributed by atoms with Crippen LogP contribution >= 0.6 is 8.17 Å². The average Bonchev–Trinajstić information content (AvgIpc) is 0.722. The standard InChI is InChI=1S/Fe.Li.H5O4P.H/c;;1-5(2,3)4;/h;;1-5H;. The molecule has 0 fully saturated rings. The van der Waals surface area contributed by atoms with E-state index in [1.54, 1.807) is 0 Å². The van der Waals surface area contributed by atoms with Gasteiger partial charge in [-0.1, -0.05) is 0 Å². The first kappa shape index (κ1) is 15.8. The molecule has 0 radical (unpaired) electrons. The van der Waals surface area contributed by atoms with E-state index in [0.29, 0.717) is 0 Å². The van der Waals surface area contributed by atoms with E-state index in [1.165, 1.54) is 0 Å². The van der Waals surface area contributed by atoms with Crippen LogP contribution in [0.5, 0.6) is 0 Å². The van der Waals surface area contributed by atoms with E-state index < -0.39 is 8.17 Å². The SMILES string of the molecule is O[PH](O)(O)O.[Fe].[LiH]. The number of hydrogen-bond donors (Lipinski definition) is 4. The number of hydrogen-bond acceptors (Lipinski definition) is 4. The van der Waals surface area contributed by atoms with Gasteiger partial charge in [-0.15, -0.1) is 0 Å². The van der Waals surface area contributed by atoms with Gasteiger partial charge in [0.2, 0.25) is 0 Å². The van der Waals surface area contributed by atoms with Gasteiger partial charge in [-0.25, -0.2) is 0 Å². The molecule has 44 valence electrons. The topological polar surface area (TPSA) is 80.9 Å². The molecule has 0 aromatic heterocycles. The molecule has 0 saturated carbocycles. The molecule has 0 saturated heterocycles. The molecule has 0 spiro atoms. The van der Waals surface area contributed by atoms with Crippen LogP contribution in [-0.4, -0.2) is 38.4 Å². The summed E-state index contributed by atoms with van der Waals surface area (Å²) in [5.74, 6) is 0. The summed E-state index contributed by atoms with van der Waals surface area (Å²) in [5, 5.41) is 0. The minimum atomic E-state index is -4.61. The van der Waals surface area contributed by atoms with Gasteiger partial charge in [0.25, 0.3) is 0 Å². The van der Waals surface area contributed by atoms with Crippen molar-refractivity contribution in [2.45, 2.75) is 0 Å². The maximum absolute atomic E-state index is 7.33. The maximum atomic E-state index is 7.33. The molecule has 0 rings (SSSR count). The van der Waals surface area contributed by atoms with Gasteiger partial charge in [-0.3, -0.25) is 0 Å². The van der Waals surface area contributed by atoms with Gasteiger partial charge >= 0.3 is 46.6 Å². The van der Waals surface area contributed by atoms with Crippen molar-refractivity contribution in [2.24, 2.45) is 0 Å². The Morgan fingerprint density at radius 3 is 0.857 bits per heavy atom. The summed E-state index contributed by atoms with van der Waals surface area (Å²) in [6.45, 7) is 0. The van der Waals surface area contributed by atoms with Crippen molar-refractivity contribution in [3.63, 3.8) is 0 Å². The Kier molecular flexibility index (Phi) is 12.4. The normalized spacial score (nSPS) is 10.9. The van der Waals surface area contributed by atoms with E-state index >= 15 is 0 Å². The van der Waals surface area contributed by atoms with Crippen LogP contribution in [0, 0.1) is 0 Å². The summed E-state index contributed by atoms with van der Waals surface area (Å²) in [5.41, 5.74) is 0. The second-order valence-corrected chi connectivity index (χ2v) is 1.80. The van der Waals surface area contributed by atoms with Crippen LogP contribution in [0.3, 0.4) is 0 Å². The van der Waals surface area contributed by atoms with Gasteiger partial charge < -0.3 is 0 Å². The van der Waals surface area contributed by atoms with Crippen molar-refractivity contribution in [3.05, 3.63) is 0 Å². The number of rotatable bonds is 0. The van der Waals surface area contributed by atoms with Crippen LogP contribution in [0.1, 0.15) is 0 Å². The molecule has 0 amide bonds. The zero-order chi connectivity index (χ0) is 4.50. The van der Waals surface area contributed by atoms with E-state index in [0.717, 1.165) is 0 Å². The molecule has 0 aliphatic heterocycles. The van der Waals surface area contributed by atoms with Crippen LogP contribution in [0.2, 0.25) is 0 Å². The van der Waals surface area contributed by atoms with Crippen LogP contribution in [0.15, 0.2) is 0 Å². The zero-order valence-electron chi connectivity index (χ0n) is 2.64. The second kappa shape index (κ2) is 5.52. The van der Waals surface area contributed by atoms with Gasteiger partial charge in [0.1, 0.15) is 0 Å². The van der Waals surface area contributed by atoms with Crippen molar-refractivity contribution < 1.29 is 36.6 Å². The van der Waals surface area contributed by atoms with E-state index in [-0.39, 0.29) is 35.9 Å². The third kappa shape index (κ3) is 111. The molecule has 4 N–H and O–H groups in total. The summed E-state index contributed by atoms with van der Waals surface area (Å²) in [4.78, 5) is 29.3. The van der Waals surface area contributed by atoms with Gasteiger partial charge in [0, 0.05) is 17.1 Å². The molecule has 7 heteroatoms. The summed E-state index contributed by atoms with van der Waals surface area (Å²) >= 11 is 0. The fourth-order valence-corrected chi connectivity index (χ4v) is 0. The van der Waals surface area contributed by atoms with Gasteiger partial charge in [0.15, 0.2) is 0 Å². The molecule has 0 atom stereocenters. The second-order valence-electron chi connectivity index (χ2n) is 0.600. The van der Waals surface area contributed by atoms with Crippen LogP contribution in [0.4, 0.5) is 0 Å².